The van der Waals surface area contributed by atoms with E-state index >= 15 is 0 Å². The van der Waals surface area contributed by atoms with Crippen molar-refractivity contribution < 1.29 is 14.3 Å². The van der Waals surface area contributed by atoms with Gasteiger partial charge in [0, 0.05) is 12.6 Å². The standard InChI is InChI=1S/C13H20BrN5O3/c1-8(2)19(17-12(20)22-3)13(21)18-6-4-5-9(18)11-15-7-10(14)16-11/h7-9H,4-6H2,1-3H3,(H,15,16)(H,17,20)/t9-/m0/s1. The van der Waals surface area contributed by atoms with E-state index in [1.165, 1.54) is 12.1 Å². The molecule has 8 nitrogen and oxygen atoms in total. The van der Waals surface area contributed by atoms with Gasteiger partial charge in [-0.3, -0.25) is 0 Å². The van der Waals surface area contributed by atoms with Gasteiger partial charge in [-0.25, -0.2) is 25.0 Å². The van der Waals surface area contributed by atoms with E-state index in [4.69, 9.17) is 0 Å². The van der Waals surface area contributed by atoms with Crippen LogP contribution in [0.1, 0.15) is 38.6 Å². The number of halogens is 1. The Morgan fingerprint density at radius 2 is 2.32 bits per heavy atom. The van der Waals surface area contributed by atoms with Crippen molar-refractivity contribution in [3.05, 3.63) is 16.6 Å². The Morgan fingerprint density at radius 1 is 1.59 bits per heavy atom. The number of imidazole rings is 1. The molecule has 122 valence electrons. The number of nitrogens with one attached hydrogen (secondary N) is 2. The minimum atomic E-state index is -0.668. The van der Waals surface area contributed by atoms with Crippen LogP contribution in [0.25, 0.3) is 0 Å². The van der Waals surface area contributed by atoms with Crippen LogP contribution in [0.5, 0.6) is 0 Å². The summed E-state index contributed by atoms with van der Waals surface area (Å²) >= 11 is 3.32. The van der Waals surface area contributed by atoms with Gasteiger partial charge in [0.1, 0.15) is 10.4 Å². The zero-order valence-corrected chi connectivity index (χ0v) is 14.4. The molecule has 0 radical (unpaired) electrons. The van der Waals surface area contributed by atoms with Gasteiger partial charge in [0.25, 0.3) is 0 Å². The van der Waals surface area contributed by atoms with Gasteiger partial charge >= 0.3 is 12.1 Å². The number of carbonyl (C=O) groups excluding carboxylic acids is 2. The molecule has 0 saturated carbocycles. The molecule has 2 N–H and O–H groups in total. The highest BCUT2D eigenvalue weighted by molar-refractivity contribution is 9.10. The molecular weight excluding hydrogens is 354 g/mol. The Labute approximate surface area is 137 Å². The van der Waals surface area contributed by atoms with Crippen LogP contribution >= 0.6 is 15.9 Å². The van der Waals surface area contributed by atoms with Crippen molar-refractivity contribution >= 4 is 28.1 Å². The molecule has 1 aliphatic rings. The summed E-state index contributed by atoms with van der Waals surface area (Å²) in [7, 11) is 1.26. The van der Waals surface area contributed by atoms with Gasteiger partial charge in [0.05, 0.1) is 19.3 Å². The number of methoxy groups -OCH3 is 1. The first-order valence-electron chi connectivity index (χ1n) is 7.09. The quantitative estimate of drug-likeness (QED) is 0.778. The Hall–Kier alpha value is -1.77. The fourth-order valence-corrected chi connectivity index (χ4v) is 2.75. The summed E-state index contributed by atoms with van der Waals surface area (Å²) in [4.78, 5) is 33.3. The van der Waals surface area contributed by atoms with E-state index in [9.17, 15) is 9.59 Å². The molecule has 1 aromatic rings. The Morgan fingerprint density at radius 3 is 2.86 bits per heavy atom. The van der Waals surface area contributed by atoms with Crippen molar-refractivity contribution in [3.63, 3.8) is 0 Å². The molecule has 0 unspecified atom stereocenters. The van der Waals surface area contributed by atoms with Crippen LogP contribution in [0.2, 0.25) is 0 Å². The highest BCUT2D eigenvalue weighted by Crippen LogP contribution is 2.31. The number of hydrogen-bond acceptors (Lipinski definition) is 4. The summed E-state index contributed by atoms with van der Waals surface area (Å²) in [5.41, 5.74) is 2.46. The summed E-state index contributed by atoms with van der Waals surface area (Å²) < 4.78 is 5.34. The van der Waals surface area contributed by atoms with Crippen LogP contribution in [0.3, 0.4) is 0 Å². The number of carbonyl (C=O) groups is 2. The largest absolute Gasteiger partial charge is 0.452 e. The molecule has 1 fully saturated rings. The van der Waals surface area contributed by atoms with Crippen LogP contribution in [-0.4, -0.2) is 51.7 Å². The van der Waals surface area contributed by atoms with Gasteiger partial charge in [-0.15, -0.1) is 0 Å². The Bertz CT molecular complexity index is 548. The van der Waals surface area contributed by atoms with E-state index in [1.807, 2.05) is 13.8 Å². The minimum Gasteiger partial charge on any atom is -0.452 e. The van der Waals surface area contributed by atoms with Gasteiger partial charge < -0.3 is 14.6 Å². The van der Waals surface area contributed by atoms with Crippen molar-refractivity contribution in [2.24, 2.45) is 0 Å². The molecule has 3 amide bonds. The molecule has 0 bridgehead atoms. The van der Waals surface area contributed by atoms with Gasteiger partial charge in [-0.2, -0.15) is 0 Å². The molecule has 1 atom stereocenters. The first kappa shape index (κ1) is 16.6. The second-order valence-corrected chi connectivity index (χ2v) is 6.17. The number of aromatic nitrogens is 2. The summed E-state index contributed by atoms with van der Waals surface area (Å²) in [6.45, 7) is 4.26. The summed E-state index contributed by atoms with van der Waals surface area (Å²) in [6, 6.07) is -0.592. The lowest BCUT2D eigenvalue weighted by Gasteiger charge is -2.33. The van der Waals surface area contributed by atoms with Crippen molar-refractivity contribution in [2.75, 3.05) is 13.7 Å². The lowest BCUT2D eigenvalue weighted by Crippen LogP contribution is -2.54. The minimum absolute atomic E-state index is 0.125. The van der Waals surface area contributed by atoms with Crippen LogP contribution in [0.4, 0.5) is 9.59 Å². The number of rotatable bonds is 2. The molecule has 9 heteroatoms. The van der Waals surface area contributed by atoms with E-state index in [-0.39, 0.29) is 18.1 Å². The number of aromatic amines is 1. The summed E-state index contributed by atoms with van der Waals surface area (Å²) in [5.74, 6) is 0.736. The maximum atomic E-state index is 12.8. The van der Waals surface area contributed by atoms with Gasteiger partial charge in [0.15, 0.2) is 0 Å². The number of urea groups is 1. The number of hydrazine groups is 1. The third-order valence-electron chi connectivity index (χ3n) is 3.50. The van der Waals surface area contributed by atoms with E-state index < -0.39 is 6.09 Å². The van der Waals surface area contributed by atoms with E-state index in [2.05, 4.69) is 36.1 Å². The van der Waals surface area contributed by atoms with Gasteiger partial charge in [-0.05, 0) is 42.6 Å². The molecule has 0 aliphatic carbocycles. The average Bonchev–Trinajstić information content (AvgIpc) is 3.11. The number of H-pyrrole nitrogens is 1. The highest BCUT2D eigenvalue weighted by Gasteiger charge is 2.36. The Balaban J connectivity index is 2.16. The first-order valence-corrected chi connectivity index (χ1v) is 7.88. The van der Waals surface area contributed by atoms with Crippen molar-refractivity contribution in [1.82, 2.24) is 25.3 Å². The van der Waals surface area contributed by atoms with E-state index in [0.29, 0.717) is 6.54 Å². The fourth-order valence-electron chi connectivity index (χ4n) is 2.44. The molecule has 0 spiro atoms. The number of hydrogen-bond donors (Lipinski definition) is 2. The molecule has 22 heavy (non-hydrogen) atoms. The molecule has 1 saturated heterocycles. The maximum absolute atomic E-state index is 12.8. The number of nitrogens with zero attached hydrogens (tertiary/aromatic N) is 3. The topological polar surface area (TPSA) is 90.6 Å². The first-order chi connectivity index (χ1) is 10.4. The van der Waals surface area contributed by atoms with E-state index in [1.54, 1.807) is 11.1 Å². The fraction of sp³-hybridized carbons (Fsp3) is 0.615. The van der Waals surface area contributed by atoms with Crippen LogP contribution in [-0.2, 0) is 4.74 Å². The zero-order chi connectivity index (χ0) is 16.3. The molecule has 0 aromatic carbocycles. The molecule has 2 rings (SSSR count). The second kappa shape index (κ2) is 6.99. The summed E-state index contributed by atoms with van der Waals surface area (Å²) in [5, 5.41) is 1.28. The maximum Gasteiger partial charge on any atom is 0.425 e. The molecular formula is C13H20BrN5O3. The third-order valence-corrected chi connectivity index (χ3v) is 3.90. The highest BCUT2D eigenvalue weighted by atomic mass is 79.9. The normalized spacial score (nSPS) is 17.7. The predicted molar refractivity (Wildman–Crippen MR) is 82.9 cm³/mol. The van der Waals surface area contributed by atoms with Crippen molar-refractivity contribution in [2.45, 2.75) is 38.8 Å². The van der Waals surface area contributed by atoms with Crippen molar-refractivity contribution in [3.8, 4) is 0 Å². The second-order valence-electron chi connectivity index (χ2n) is 5.32. The van der Waals surface area contributed by atoms with Gasteiger partial charge in [-0.1, -0.05) is 0 Å². The van der Waals surface area contributed by atoms with Crippen LogP contribution in [0, 0.1) is 0 Å². The third kappa shape index (κ3) is 3.52. The van der Waals surface area contributed by atoms with Crippen LogP contribution < -0.4 is 5.43 Å². The number of likely N-dealkylation sites (tertiary alicyclic amines) is 1. The lowest BCUT2D eigenvalue weighted by atomic mass is 10.2. The predicted octanol–water partition coefficient (Wildman–Crippen LogP) is 2.41. The van der Waals surface area contributed by atoms with Crippen LogP contribution in [0.15, 0.2) is 10.8 Å². The number of ether oxygens (including phenoxy) is 1. The van der Waals surface area contributed by atoms with Crippen molar-refractivity contribution in [1.29, 1.82) is 0 Å². The average molecular weight is 374 g/mol. The SMILES string of the molecule is COC(=O)NN(C(=O)N1CCC[C@H]1c1ncc(Br)[nH]1)C(C)C. The monoisotopic (exact) mass is 373 g/mol. The molecule has 1 aromatic heterocycles. The lowest BCUT2D eigenvalue weighted by molar-refractivity contribution is 0.0916. The van der Waals surface area contributed by atoms with Gasteiger partial charge in [0.2, 0.25) is 0 Å². The molecule has 1 aliphatic heterocycles. The number of amides is 3. The Kier molecular flexibility index (Phi) is 5.28. The zero-order valence-electron chi connectivity index (χ0n) is 12.8. The smallest absolute Gasteiger partial charge is 0.425 e. The van der Waals surface area contributed by atoms with E-state index in [0.717, 1.165) is 23.3 Å². The molecule has 2 heterocycles. The summed E-state index contributed by atoms with van der Waals surface area (Å²) in [6.07, 6.45) is 2.72.